The van der Waals surface area contributed by atoms with E-state index in [1.54, 1.807) is 5.30 Å². The summed E-state index contributed by atoms with van der Waals surface area (Å²) in [5.41, 5.74) is 4.34. The summed E-state index contributed by atoms with van der Waals surface area (Å²) >= 11 is 0. The van der Waals surface area contributed by atoms with Gasteiger partial charge in [0.15, 0.2) is 0 Å². The highest BCUT2D eigenvalue weighted by atomic mass is 31.1. The Morgan fingerprint density at radius 1 is 0.895 bits per heavy atom. The van der Waals surface area contributed by atoms with Crippen LogP contribution in [-0.2, 0) is 6.42 Å². The summed E-state index contributed by atoms with van der Waals surface area (Å²) in [6, 6.07) is 17.6. The van der Waals surface area contributed by atoms with Gasteiger partial charge in [0.25, 0.3) is 0 Å². The molecule has 19 heavy (non-hydrogen) atoms. The monoisotopic (exact) mass is 270 g/mol. The smallest absolute Gasteiger partial charge is 0.00169 e. The largest absolute Gasteiger partial charge is 0.0898 e. The molecule has 2 aromatic rings. The third kappa shape index (κ3) is 4.18. The molecule has 0 nitrogen and oxygen atoms in total. The molecule has 0 aliphatic carbocycles. The van der Waals surface area contributed by atoms with Crippen molar-refractivity contribution in [1.82, 2.24) is 0 Å². The number of aryl methyl sites for hydroxylation is 1. The highest BCUT2D eigenvalue weighted by molar-refractivity contribution is 7.47. The SMILES string of the molecule is Cc1ccccc1Cc1ccccc1PCC(C)C. The van der Waals surface area contributed by atoms with Crippen LogP contribution in [0.5, 0.6) is 0 Å². The molecule has 0 N–H and O–H groups in total. The minimum absolute atomic E-state index is 0.782. The third-order valence-corrected chi connectivity index (χ3v) is 5.25. The van der Waals surface area contributed by atoms with Crippen LogP contribution in [0.25, 0.3) is 0 Å². The molecule has 0 aliphatic heterocycles. The highest BCUT2D eigenvalue weighted by Gasteiger charge is 2.05. The minimum Gasteiger partial charge on any atom is -0.0898 e. The van der Waals surface area contributed by atoms with Crippen molar-refractivity contribution in [3.8, 4) is 0 Å². The fourth-order valence-electron chi connectivity index (χ4n) is 2.17. The molecule has 1 atom stereocenters. The molecule has 0 saturated carbocycles. The lowest BCUT2D eigenvalue weighted by atomic mass is 10.0. The quantitative estimate of drug-likeness (QED) is 0.699. The first-order valence-corrected chi connectivity index (χ1v) is 8.24. The normalized spacial score (nSPS) is 11.6. The number of rotatable bonds is 5. The van der Waals surface area contributed by atoms with Crippen LogP contribution in [0.1, 0.15) is 30.5 Å². The fourth-order valence-corrected chi connectivity index (χ4v) is 3.42. The summed E-state index contributed by atoms with van der Waals surface area (Å²) in [4.78, 5) is 0. The van der Waals surface area contributed by atoms with Gasteiger partial charge in [0.1, 0.15) is 0 Å². The van der Waals surface area contributed by atoms with E-state index in [0.717, 1.165) is 20.9 Å². The molecule has 0 aliphatic rings. The zero-order chi connectivity index (χ0) is 13.7. The Morgan fingerprint density at radius 2 is 1.53 bits per heavy atom. The maximum Gasteiger partial charge on any atom is -0.00169 e. The van der Waals surface area contributed by atoms with E-state index < -0.39 is 0 Å². The Hall–Kier alpha value is -1.13. The Morgan fingerprint density at radius 3 is 2.21 bits per heavy atom. The molecule has 0 heterocycles. The molecule has 0 bridgehead atoms. The van der Waals surface area contributed by atoms with Gasteiger partial charge in [-0.05, 0) is 47.4 Å². The van der Waals surface area contributed by atoms with Crippen molar-refractivity contribution in [3.63, 3.8) is 0 Å². The highest BCUT2D eigenvalue weighted by Crippen LogP contribution is 2.20. The Labute approximate surface area is 119 Å². The van der Waals surface area contributed by atoms with E-state index in [-0.39, 0.29) is 0 Å². The molecule has 2 aromatic carbocycles. The van der Waals surface area contributed by atoms with Crippen molar-refractivity contribution >= 4 is 13.9 Å². The number of hydrogen-bond acceptors (Lipinski definition) is 0. The average Bonchev–Trinajstić information content (AvgIpc) is 2.40. The zero-order valence-electron chi connectivity index (χ0n) is 12.1. The van der Waals surface area contributed by atoms with E-state index >= 15 is 0 Å². The first-order chi connectivity index (χ1) is 9.16. The lowest BCUT2D eigenvalue weighted by molar-refractivity contribution is 0.749. The number of benzene rings is 2. The van der Waals surface area contributed by atoms with Crippen molar-refractivity contribution in [2.75, 3.05) is 6.16 Å². The standard InChI is InChI=1S/C18H23P/c1-14(2)13-19-18-11-7-6-10-17(18)12-16-9-5-4-8-15(16)3/h4-11,14,19H,12-13H2,1-3H3. The van der Waals surface area contributed by atoms with E-state index in [0.29, 0.717) is 0 Å². The lowest BCUT2D eigenvalue weighted by Crippen LogP contribution is -2.07. The van der Waals surface area contributed by atoms with Crippen molar-refractivity contribution in [1.29, 1.82) is 0 Å². The van der Waals surface area contributed by atoms with Gasteiger partial charge in [-0.1, -0.05) is 71.0 Å². The van der Waals surface area contributed by atoms with Crippen LogP contribution in [0.2, 0.25) is 0 Å². The topological polar surface area (TPSA) is 0 Å². The second kappa shape index (κ2) is 6.87. The van der Waals surface area contributed by atoms with Gasteiger partial charge in [0.05, 0.1) is 0 Å². The molecular weight excluding hydrogens is 247 g/mol. The molecule has 0 aromatic heterocycles. The van der Waals surface area contributed by atoms with Gasteiger partial charge in [-0.3, -0.25) is 0 Å². The lowest BCUT2D eigenvalue weighted by Gasteiger charge is -2.12. The Bertz CT molecular complexity index is 529. The van der Waals surface area contributed by atoms with E-state index in [1.165, 1.54) is 22.9 Å². The van der Waals surface area contributed by atoms with E-state index in [9.17, 15) is 0 Å². The van der Waals surface area contributed by atoms with E-state index in [4.69, 9.17) is 0 Å². The molecule has 2 rings (SSSR count). The number of hydrogen-bond donors (Lipinski definition) is 0. The van der Waals surface area contributed by atoms with Crippen LogP contribution < -0.4 is 5.30 Å². The summed E-state index contributed by atoms with van der Waals surface area (Å²) in [6.07, 6.45) is 2.36. The van der Waals surface area contributed by atoms with Gasteiger partial charge in [-0.2, -0.15) is 0 Å². The zero-order valence-corrected chi connectivity index (χ0v) is 13.1. The van der Waals surface area contributed by atoms with Gasteiger partial charge >= 0.3 is 0 Å². The van der Waals surface area contributed by atoms with E-state index in [2.05, 4.69) is 69.3 Å². The minimum atomic E-state index is 0.782. The second-order valence-electron chi connectivity index (χ2n) is 5.54. The Kier molecular flexibility index (Phi) is 5.16. The first kappa shape index (κ1) is 14.3. The van der Waals surface area contributed by atoms with Crippen LogP contribution in [-0.4, -0.2) is 6.16 Å². The maximum absolute atomic E-state index is 2.30. The van der Waals surface area contributed by atoms with Gasteiger partial charge < -0.3 is 0 Å². The Balaban J connectivity index is 2.18. The summed E-state index contributed by atoms with van der Waals surface area (Å²) < 4.78 is 0. The molecule has 1 unspecified atom stereocenters. The third-order valence-electron chi connectivity index (χ3n) is 3.36. The fraction of sp³-hybridized carbons (Fsp3) is 0.333. The maximum atomic E-state index is 2.30. The van der Waals surface area contributed by atoms with Crippen LogP contribution >= 0.6 is 8.58 Å². The van der Waals surface area contributed by atoms with Crippen LogP contribution in [0.15, 0.2) is 48.5 Å². The summed E-state index contributed by atoms with van der Waals surface area (Å²) in [5, 5.41) is 1.54. The van der Waals surface area contributed by atoms with E-state index in [1.807, 2.05) is 0 Å². The van der Waals surface area contributed by atoms with Crippen LogP contribution in [0.3, 0.4) is 0 Å². The molecule has 0 amide bonds. The first-order valence-electron chi connectivity index (χ1n) is 7.03. The van der Waals surface area contributed by atoms with Crippen molar-refractivity contribution in [2.24, 2.45) is 5.92 Å². The van der Waals surface area contributed by atoms with Crippen molar-refractivity contribution in [2.45, 2.75) is 27.2 Å². The van der Waals surface area contributed by atoms with Gasteiger partial charge in [0, 0.05) is 0 Å². The van der Waals surface area contributed by atoms with Gasteiger partial charge in [-0.15, -0.1) is 0 Å². The molecule has 0 spiro atoms. The van der Waals surface area contributed by atoms with Gasteiger partial charge in [-0.25, -0.2) is 0 Å². The second-order valence-corrected chi connectivity index (χ2v) is 6.84. The van der Waals surface area contributed by atoms with Gasteiger partial charge in [0.2, 0.25) is 0 Å². The van der Waals surface area contributed by atoms with Crippen molar-refractivity contribution in [3.05, 3.63) is 65.2 Å². The summed E-state index contributed by atoms with van der Waals surface area (Å²) in [5.74, 6) is 0.782. The van der Waals surface area contributed by atoms with Crippen LogP contribution in [0, 0.1) is 12.8 Å². The molecule has 1 heteroatoms. The molecule has 0 radical (unpaired) electrons. The predicted octanol–water partition coefficient (Wildman–Crippen LogP) is 4.55. The molecule has 0 fully saturated rings. The summed E-state index contributed by atoms with van der Waals surface area (Å²) in [6.45, 7) is 6.81. The summed E-state index contributed by atoms with van der Waals surface area (Å²) in [7, 11) is 0.932. The molecule has 100 valence electrons. The molecule has 0 saturated heterocycles. The predicted molar refractivity (Wildman–Crippen MR) is 88.1 cm³/mol. The molecular formula is C18H23P. The van der Waals surface area contributed by atoms with Crippen molar-refractivity contribution < 1.29 is 0 Å². The van der Waals surface area contributed by atoms with Crippen LogP contribution in [0.4, 0.5) is 0 Å². The average molecular weight is 270 g/mol.